The van der Waals surface area contributed by atoms with E-state index in [0.717, 1.165) is 5.56 Å². The molecule has 10 nitrogen and oxygen atoms in total. The Hall–Kier alpha value is -4.57. The van der Waals surface area contributed by atoms with Crippen molar-refractivity contribution in [2.24, 2.45) is 0 Å². The lowest BCUT2D eigenvalue weighted by Gasteiger charge is -2.12. The van der Waals surface area contributed by atoms with Gasteiger partial charge in [0.15, 0.2) is 11.0 Å². The monoisotopic (exact) mass is 491 g/mol. The smallest absolute Gasteiger partial charge is 0.308 e. The molecule has 0 radical (unpaired) electrons. The van der Waals surface area contributed by atoms with Crippen molar-refractivity contribution in [3.63, 3.8) is 0 Å². The second-order valence-corrected chi connectivity index (χ2v) is 7.76. The molecule has 176 valence electrons. The van der Waals surface area contributed by atoms with Crippen LogP contribution >= 0.6 is 11.6 Å². The molecule has 0 saturated carbocycles. The molecule has 11 heteroatoms. The van der Waals surface area contributed by atoms with Crippen LogP contribution in [0.4, 0.5) is 11.4 Å². The maximum absolute atomic E-state index is 12.4. The highest BCUT2D eigenvalue weighted by Crippen LogP contribution is 2.30. The fourth-order valence-corrected chi connectivity index (χ4v) is 3.46. The number of carbonyl (C=O) groups is 2. The van der Waals surface area contributed by atoms with Gasteiger partial charge < -0.3 is 14.6 Å². The number of non-ortho nitro benzene ring substituents is 1. The second kappa shape index (κ2) is 10.1. The van der Waals surface area contributed by atoms with E-state index in [4.69, 9.17) is 16.3 Å². The molecule has 1 amide bonds. The van der Waals surface area contributed by atoms with Crippen LogP contribution in [0.1, 0.15) is 28.7 Å². The summed E-state index contributed by atoms with van der Waals surface area (Å²) in [5.41, 5.74) is 1.62. The number of amides is 1. The van der Waals surface area contributed by atoms with E-state index in [1.165, 1.54) is 31.2 Å². The van der Waals surface area contributed by atoms with Crippen LogP contribution in [-0.4, -0.2) is 31.3 Å². The Bertz CT molecular complexity index is 1390. The van der Waals surface area contributed by atoms with Gasteiger partial charge in [0.25, 0.3) is 11.6 Å². The lowest BCUT2D eigenvalue weighted by molar-refractivity contribution is -0.384. The van der Waals surface area contributed by atoms with Crippen molar-refractivity contribution in [1.29, 1.82) is 0 Å². The van der Waals surface area contributed by atoms with Gasteiger partial charge in [-0.25, -0.2) is 9.97 Å². The SMILES string of the molecule is CC(=O)Oc1c(Cl)nc(Cc2ccc(NC(=O)c3ccc([N+](=O)[O-])cc3)cc2)nc1-n1cccc1. The number of halogens is 1. The number of esters is 1. The maximum atomic E-state index is 12.4. The zero-order valence-corrected chi connectivity index (χ0v) is 19.1. The van der Waals surface area contributed by atoms with E-state index in [0.29, 0.717) is 29.3 Å². The minimum Gasteiger partial charge on any atom is -0.419 e. The predicted molar refractivity (Wildman–Crippen MR) is 128 cm³/mol. The molecule has 0 aliphatic rings. The van der Waals surface area contributed by atoms with Crippen LogP contribution in [0.5, 0.6) is 5.75 Å². The van der Waals surface area contributed by atoms with E-state index in [1.54, 1.807) is 53.4 Å². The summed E-state index contributed by atoms with van der Waals surface area (Å²) in [5.74, 6) is -0.101. The molecule has 35 heavy (non-hydrogen) atoms. The third-order valence-corrected chi connectivity index (χ3v) is 5.12. The van der Waals surface area contributed by atoms with Crippen LogP contribution in [0, 0.1) is 10.1 Å². The highest BCUT2D eigenvalue weighted by Gasteiger charge is 2.18. The summed E-state index contributed by atoms with van der Waals surface area (Å²) in [6, 6.07) is 16.0. The Kier molecular flexibility index (Phi) is 6.83. The predicted octanol–water partition coefficient (Wildman–Crippen LogP) is 4.60. The van der Waals surface area contributed by atoms with Crippen molar-refractivity contribution in [3.05, 3.63) is 105 Å². The van der Waals surface area contributed by atoms with Crippen LogP contribution in [0.2, 0.25) is 5.15 Å². The Balaban J connectivity index is 1.50. The van der Waals surface area contributed by atoms with E-state index in [1.807, 2.05) is 0 Å². The number of nitro groups is 1. The molecule has 0 aliphatic heterocycles. The minimum atomic E-state index is -0.539. The summed E-state index contributed by atoms with van der Waals surface area (Å²) in [6.07, 6.45) is 3.83. The van der Waals surface area contributed by atoms with Crippen molar-refractivity contribution >= 4 is 34.9 Å². The average Bonchev–Trinajstić information content (AvgIpc) is 3.36. The fourth-order valence-electron chi connectivity index (χ4n) is 3.24. The fraction of sp³-hybridized carbons (Fsp3) is 0.0833. The lowest BCUT2D eigenvalue weighted by atomic mass is 10.1. The largest absolute Gasteiger partial charge is 0.419 e. The highest BCUT2D eigenvalue weighted by molar-refractivity contribution is 6.31. The minimum absolute atomic E-state index is 0.0147. The molecule has 4 rings (SSSR count). The Labute approximate surface area is 204 Å². The van der Waals surface area contributed by atoms with Crippen molar-refractivity contribution in [2.45, 2.75) is 13.3 Å². The van der Waals surface area contributed by atoms with Gasteiger partial charge in [-0.05, 0) is 42.0 Å². The number of nitro benzene ring substituents is 1. The Morgan fingerprint density at radius 2 is 1.71 bits per heavy atom. The molecule has 0 spiro atoms. The number of aromatic nitrogens is 3. The quantitative estimate of drug-likeness (QED) is 0.173. The number of ether oxygens (including phenoxy) is 1. The van der Waals surface area contributed by atoms with Gasteiger partial charge in [0, 0.05) is 49.1 Å². The number of nitrogens with one attached hydrogen (secondary N) is 1. The Morgan fingerprint density at radius 3 is 2.31 bits per heavy atom. The number of hydrogen-bond acceptors (Lipinski definition) is 7. The molecule has 0 aliphatic carbocycles. The van der Waals surface area contributed by atoms with Crippen LogP contribution in [0.25, 0.3) is 5.82 Å². The number of anilines is 1. The third-order valence-electron chi connectivity index (χ3n) is 4.86. The summed E-state index contributed by atoms with van der Waals surface area (Å²) in [6.45, 7) is 1.27. The van der Waals surface area contributed by atoms with Crippen molar-refractivity contribution in [1.82, 2.24) is 14.5 Å². The van der Waals surface area contributed by atoms with Crippen LogP contribution in [-0.2, 0) is 11.2 Å². The number of nitrogens with zero attached hydrogens (tertiary/aromatic N) is 4. The van der Waals surface area contributed by atoms with Gasteiger partial charge >= 0.3 is 5.97 Å². The molecule has 0 atom stereocenters. The normalized spacial score (nSPS) is 10.6. The average molecular weight is 492 g/mol. The van der Waals surface area contributed by atoms with Gasteiger partial charge in [-0.15, -0.1) is 0 Å². The van der Waals surface area contributed by atoms with Crippen molar-refractivity contribution in [3.8, 4) is 11.6 Å². The standard InChI is InChI=1S/C24H18ClN5O5/c1-15(31)35-21-22(25)27-20(28-23(21)29-12-2-3-13-29)14-16-4-8-18(9-5-16)26-24(32)17-6-10-19(11-7-17)30(33)34/h2-13H,14H2,1H3,(H,26,32). The summed E-state index contributed by atoms with van der Waals surface area (Å²) in [7, 11) is 0. The molecule has 2 aromatic carbocycles. The van der Waals surface area contributed by atoms with Crippen molar-refractivity contribution < 1.29 is 19.2 Å². The van der Waals surface area contributed by atoms with Gasteiger partial charge in [-0.2, -0.15) is 0 Å². The molecule has 2 heterocycles. The second-order valence-electron chi connectivity index (χ2n) is 7.40. The molecule has 0 fully saturated rings. The van der Waals surface area contributed by atoms with Gasteiger partial charge in [-0.3, -0.25) is 19.7 Å². The van der Waals surface area contributed by atoms with Gasteiger partial charge in [0.1, 0.15) is 5.82 Å². The first-order valence-corrected chi connectivity index (χ1v) is 10.7. The highest BCUT2D eigenvalue weighted by atomic mass is 35.5. The molecule has 0 unspecified atom stereocenters. The summed E-state index contributed by atoms with van der Waals surface area (Å²) in [4.78, 5) is 42.9. The van der Waals surface area contributed by atoms with E-state index < -0.39 is 10.9 Å². The first kappa shape index (κ1) is 23.6. The Morgan fingerprint density at radius 1 is 1.06 bits per heavy atom. The molecule has 4 aromatic rings. The van der Waals surface area contributed by atoms with Crippen LogP contribution in [0.3, 0.4) is 0 Å². The van der Waals surface area contributed by atoms with Gasteiger partial charge in [0.2, 0.25) is 5.75 Å². The van der Waals surface area contributed by atoms with E-state index in [-0.39, 0.29) is 22.5 Å². The van der Waals surface area contributed by atoms with Gasteiger partial charge in [0.05, 0.1) is 4.92 Å². The zero-order chi connectivity index (χ0) is 24.9. The van der Waals surface area contributed by atoms with E-state index in [2.05, 4.69) is 15.3 Å². The first-order valence-electron chi connectivity index (χ1n) is 10.3. The molecular weight excluding hydrogens is 474 g/mol. The topological polar surface area (TPSA) is 129 Å². The number of benzene rings is 2. The number of rotatable bonds is 7. The maximum Gasteiger partial charge on any atom is 0.308 e. The summed E-state index contributed by atoms with van der Waals surface area (Å²) in [5, 5.41) is 13.5. The zero-order valence-electron chi connectivity index (χ0n) is 18.3. The number of hydrogen-bond donors (Lipinski definition) is 1. The van der Waals surface area contributed by atoms with E-state index in [9.17, 15) is 19.7 Å². The molecular formula is C24H18ClN5O5. The van der Waals surface area contributed by atoms with E-state index >= 15 is 0 Å². The molecule has 2 aromatic heterocycles. The molecule has 0 saturated heterocycles. The van der Waals surface area contributed by atoms with Crippen LogP contribution in [0.15, 0.2) is 73.1 Å². The molecule has 1 N–H and O–H groups in total. The number of carbonyl (C=O) groups excluding carboxylic acids is 2. The third kappa shape index (κ3) is 5.68. The van der Waals surface area contributed by atoms with Crippen molar-refractivity contribution in [2.75, 3.05) is 5.32 Å². The first-order chi connectivity index (χ1) is 16.8. The van der Waals surface area contributed by atoms with Gasteiger partial charge in [-0.1, -0.05) is 23.7 Å². The lowest BCUT2D eigenvalue weighted by Crippen LogP contribution is -2.12. The van der Waals surface area contributed by atoms with Crippen LogP contribution < -0.4 is 10.1 Å². The summed E-state index contributed by atoms with van der Waals surface area (Å²) >= 11 is 6.30. The summed E-state index contributed by atoms with van der Waals surface area (Å²) < 4.78 is 6.90. The molecule has 0 bridgehead atoms.